The molecular formula is C15H22N2O. The maximum atomic E-state index is 11.6. The van der Waals surface area contributed by atoms with Crippen LogP contribution in [0.1, 0.15) is 25.8 Å². The lowest BCUT2D eigenvalue weighted by Gasteiger charge is -2.11. The Morgan fingerprint density at radius 1 is 1.33 bits per heavy atom. The summed E-state index contributed by atoms with van der Waals surface area (Å²) in [6.45, 7) is 4.05. The molecule has 0 aliphatic rings. The lowest BCUT2D eigenvalue weighted by atomic mass is 10.2. The highest BCUT2D eigenvalue weighted by atomic mass is 16.1. The quantitative estimate of drug-likeness (QED) is 0.810. The first kappa shape index (κ1) is 14.3. The van der Waals surface area contributed by atoms with Crippen LogP contribution in [0.2, 0.25) is 0 Å². The van der Waals surface area contributed by atoms with Crippen molar-refractivity contribution in [2.75, 3.05) is 19.0 Å². The third kappa shape index (κ3) is 4.62. The van der Waals surface area contributed by atoms with E-state index in [1.165, 1.54) is 0 Å². The smallest absolute Gasteiger partial charge is 0.244 e. The zero-order valence-corrected chi connectivity index (χ0v) is 11.6. The van der Waals surface area contributed by atoms with E-state index in [0.717, 1.165) is 17.7 Å². The van der Waals surface area contributed by atoms with Gasteiger partial charge in [-0.3, -0.25) is 4.79 Å². The lowest BCUT2D eigenvalue weighted by molar-refractivity contribution is -0.117. The van der Waals surface area contributed by atoms with Gasteiger partial charge in [0.25, 0.3) is 0 Å². The SMILES string of the molecule is CC[C@@H](C)NC(=O)/C=C/c1ccc(N(C)C)cc1. The first-order valence-electron chi connectivity index (χ1n) is 6.29. The second-order valence-corrected chi connectivity index (χ2v) is 4.64. The predicted molar refractivity (Wildman–Crippen MR) is 77.7 cm³/mol. The van der Waals surface area contributed by atoms with Crippen molar-refractivity contribution in [1.82, 2.24) is 5.32 Å². The summed E-state index contributed by atoms with van der Waals surface area (Å²) in [4.78, 5) is 13.6. The van der Waals surface area contributed by atoms with Crippen LogP contribution < -0.4 is 10.2 Å². The van der Waals surface area contributed by atoms with E-state index in [1.807, 2.05) is 56.3 Å². The molecule has 0 saturated heterocycles. The topological polar surface area (TPSA) is 32.3 Å². The molecule has 0 aliphatic heterocycles. The van der Waals surface area contributed by atoms with Crippen molar-refractivity contribution in [3.63, 3.8) is 0 Å². The third-order valence-electron chi connectivity index (χ3n) is 2.84. The first-order valence-corrected chi connectivity index (χ1v) is 6.29. The fourth-order valence-corrected chi connectivity index (χ4v) is 1.45. The van der Waals surface area contributed by atoms with Crippen LogP contribution in [0.4, 0.5) is 5.69 Å². The Hall–Kier alpha value is -1.77. The normalized spacial score (nSPS) is 12.4. The lowest BCUT2D eigenvalue weighted by Crippen LogP contribution is -2.30. The minimum atomic E-state index is -0.0407. The molecule has 1 atom stereocenters. The van der Waals surface area contributed by atoms with E-state index >= 15 is 0 Å². The van der Waals surface area contributed by atoms with Crippen molar-refractivity contribution in [3.8, 4) is 0 Å². The van der Waals surface area contributed by atoms with Gasteiger partial charge in [0.1, 0.15) is 0 Å². The summed E-state index contributed by atoms with van der Waals surface area (Å²) in [5.74, 6) is -0.0407. The van der Waals surface area contributed by atoms with Gasteiger partial charge in [0.2, 0.25) is 5.91 Å². The Labute approximate surface area is 109 Å². The molecule has 0 spiro atoms. The van der Waals surface area contributed by atoms with Crippen LogP contribution >= 0.6 is 0 Å². The largest absolute Gasteiger partial charge is 0.378 e. The molecule has 98 valence electrons. The summed E-state index contributed by atoms with van der Waals surface area (Å²) in [7, 11) is 4.01. The Kier molecular flexibility index (Phi) is 5.43. The van der Waals surface area contributed by atoms with Crippen LogP contribution in [0, 0.1) is 0 Å². The summed E-state index contributed by atoms with van der Waals surface area (Å²) in [6, 6.07) is 8.29. The van der Waals surface area contributed by atoms with Crippen molar-refractivity contribution in [2.24, 2.45) is 0 Å². The molecule has 0 saturated carbocycles. The average Bonchev–Trinajstić information content (AvgIpc) is 2.36. The standard InChI is InChI=1S/C15H22N2O/c1-5-12(2)16-15(18)11-8-13-6-9-14(10-7-13)17(3)4/h6-12H,5H2,1-4H3,(H,16,18)/b11-8+/t12-/m1/s1. The minimum Gasteiger partial charge on any atom is -0.378 e. The molecule has 0 aliphatic carbocycles. The molecule has 0 aromatic heterocycles. The number of anilines is 1. The van der Waals surface area contributed by atoms with Gasteiger partial charge in [-0.05, 0) is 37.1 Å². The van der Waals surface area contributed by atoms with Crippen LogP contribution in [-0.4, -0.2) is 26.0 Å². The zero-order chi connectivity index (χ0) is 13.5. The van der Waals surface area contributed by atoms with Gasteiger partial charge in [-0.25, -0.2) is 0 Å². The number of nitrogens with one attached hydrogen (secondary N) is 1. The van der Waals surface area contributed by atoms with Crippen LogP contribution in [0.25, 0.3) is 6.08 Å². The number of rotatable bonds is 5. The highest BCUT2D eigenvalue weighted by Gasteiger charge is 2.01. The van der Waals surface area contributed by atoms with Gasteiger partial charge in [-0.2, -0.15) is 0 Å². The Bertz CT molecular complexity index is 407. The monoisotopic (exact) mass is 246 g/mol. The Balaban J connectivity index is 2.59. The van der Waals surface area contributed by atoms with Gasteiger partial charge in [0.15, 0.2) is 0 Å². The molecule has 1 aromatic rings. The third-order valence-corrected chi connectivity index (χ3v) is 2.84. The van der Waals surface area contributed by atoms with Gasteiger partial charge in [-0.1, -0.05) is 19.1 Å². The molecule has 0 radical (unpaired) electrons. The molecule has 3 heteroatoms. The van der Waals surface area contributed by atoms with E-state index in [2.05, 4.69) is 12.2 Å². The van der Waals surface area contributed by atoms with E-state index in [-0.39, 0.29) is 11.9 Å². The Morgan fingerprint density at radius 2 is 1.94 bits per heavy atom. The summed E-state index contributed by atoms with van der Waals surface area (Å²) < 4.78 is 0. The highest BCUT2D eigenvalue weighted by molar-refractivity contribution is 5.91. The fraction of sp³-hybridized carbons (Fsp3) is 0.400. The number of hydrogen-bond acceptors (Lipinski definition) is 2. The minimum absolute atomic E-state index is 0.0407. The average molecular weight is 246 g/mol. The van der Waals surface area contributed by atoms with Gasteiger partial charge in [0, 0.05) is 31.9 Å². The number of amides is 1. The van der Waals surface area contributed by atoms with Crippen LogP contribution in [0.15, 0.2) is 30.3 Å². The molecule has 1 aromatic carbocycles. The summed E-state index contributed by atoms with van der Waals surface area (Å²) in [6.07, 6.45) is 4.35. The molecule has 18 heavy (non-hydrogen) atoms. The first-order chi connectivity index (χ1) is 8.52. The fourth-order valence-electron chi connectivity index (χ4n) is 1.45. The van der Waals surface area contributed by atoms with E-state index in [4.69, 9.17) is 0 Å². The highest BCUT2D eigenvalue weighted by Crippen LogP contribution is 2.12. The van der Waals surface area contributed by atoms with Crippen LogP contribution in [-0.2, 0) is 4.79 Å². The Morgan fingerprint density at radius 3 is 2.44 bits per heavy atom. The number of benzene rings is 1. The summed E-state index contributed by atoms with van der Waals surface area (Å²) >= 11 is 0. The van der Waals surface area contributed by atoms with Gasteiger partial charge in [0.05, 0.1) is 0 Å². The van der Waals surface area contributed by atoms with E-state index in [0.29, 0.717) is 0 Å². The van der Waals surface area contributed by atoms with Crippen LogP contribution in [0.3, 0.4) is 0 Å². The molecule has 0 heterocycles. The second-order valence-electron chi connectivity index (χ2n) is 4.64. The van der Waals surface area contributed by atoms with Crippen molar-refractivity contribution in [2.45, 2.75) is 26.3 Å². The number of carbonyl (C=O) groups excluding carboxylic acids is 1. The number of nitrogens with zero attached hydrogens (tertiary/aromatic N) is 1. The summed E-state index contributed by atoms with van der Waals surface area (Å²) in [5, 5.41) is 2.90. The van der Waals surface area contributed by atoms with Crippen LogP contribution in [0.5, 0.6) is 0 Å². The number of hydrogen-bond donors (Lipinski definition) is 1. The van der Waals surface area contributed by atoms with Crippen molar-refractivity contribution >= 4 is 17.7 Å². The van der Waals surface area contributed by atoms with Crippen molar-refractivity contribution in [1.29, 1.82) is 0 Å². The maximum absolute atomic E-state index is 11.6. The molecule has 1 N–H and O–H groups in total. The second kappa shape index (κ2) is 6.84. The maximum Gasteiger partial charge on any atom is 0.244 e. The number of carbonyl (C=O) groups is 1. The molecule has 0 bridgehead atoms. The molecule has 0 unspecified atom stereocenters. The van der Waals surface area contributed by atoms with Gasteiger partial charge >= 0.3 is 0 Å². The van der Waals surface area contributed by atoms with Crippen molar-refractivity contribution in [3.05, 3.63) is 35.9 Å². The van der Waals surface area contributed by atoms with Gasteiger partial charge < -0.3 is 10.2 Å². The predicted octanol–water partition coefficient (Wildman–Crippen LogP) is 2.68. The van der Waals surface area contributed by atoms with Crippen molar-refractivity contribution < 1.29 is 4.79 Å². The molecule has 1 amide bonds. The van der Waals surface area contributed by atoms with E-state index in [1.54, 1.807) is 6.08 Å². The molecule has 0 fully saturated rings. The molecule has 1 rings (SSSR count). The summed E-state index contributed by atoms with van der Waals surface area (Å²) in [5.41, 5.74) is 2.18. The van der Waals surface area contributed by atoms with E-state index in [9.17, 15) is 4.79 Å². The molecular weight excluding hydrogens is 224 g/mol. The molecule has 3 nitrogen and oxygen atoms in total. The van der Waals surface area contributed by atoms with Gasteiger partial charge in [-0.15, -0.1) is 0 Å². The zero-order valence-electron chi connectivity index (χ0n) is 11.6. The van der Waals surface area contributed by atoms with E-state index < -0.39 is 0 Å².